The molecular formula is C50H71I3N2O28S2. The predicted octanol–water partition coefficient (Wildman–Crippen LogP) is -5.50. The van der Waals surface area contributed by atoms with Crippen molar-refractivity contribution in [1.29, 1.82) is 0 Å². The summed E-state index contributed by atoms with van der Waals surface area (Å²) in [6.45, 7) is 0.582. The van der Waals surface area contributed by atoms with Crippen molar-refractivity contribution < 1.29 is 139 Å². The van der Waals surface area contributed by atoms with Crippen molar-refractivity contribution in [3.05, 3.63) is 70.8 Å². The van der Waals surface area contributed by atoms with Crippen molar-refractivity contribution in [2.24, 2.45) is 0 Å². The van der Waals surface area contributed by atoms with Crippen LogP contribution < -0.4 is 0 Å². The molecule has 7 heterocycles. The van der Waals surface area contributed by atoms with Crippen LogP contribution in [0.25, 0.3) is 0 Å². The lowest BCUT2D eigenvalue weighted by Crippen LogP contribution is -2.67. The Labute approximate surface area is 534 Å². The van der Waals surface area contributed by atoms with Crippen LogP contribution in [0.15, 0.2) is 48.5 Å². The number of aliphatic hydroxyl groups is 17. The topological polar surface area (TPSA) is 483 Å². The average Bonchev–Trinajstić information content (AvgIpc) is 2.19. The Morgan fingerprint density at radius 3 is 1.07 bits per heavy atom. The number of thioether (sulfide) groups is 2. The van der Waals surface area contributed by atoms with Gasteiger partial charge in [-0.15, -0.1) is 47.5 Å². The molecule has 0 aromatic heterocycles. The summed E-state index contributed by atoms with van der Waals surface area (Å²) in [5, 5.41) is 168. The van der Waals surface area contributed by atoms with Crippen molar-refractivity contribution in [3.63, 3.8) is 0 Å². The first-order valence-corrected chi connectivity index (χ1v) is 34.6. The fourth-order valence-corrected chi connectivity index (χ4v) is 12.4. The molecule has 2 aromatic carbocycles. The summed E-state index contributed by atoms with van der Waals surface area (Å²) in [6, 6.07) is 10.4. The van der Waals surface area contributed by atoms with Crippen LogP contribution in [0.1, 0.15) is 55.3 Å². The number of rotatable bonds is 15. The first-order valence-electron chi connectivity index (χ1n) is 26.2. The van der Waals surface area contributed by atoms with Crippen LogP contribution in [0.2, 0.25) is 0 Å². The first-order chi connectivity index (χ1) is 40.1. The van der Waals surface area contributed by atoms with Gasteiger partial charge in [0, 0.05) is 37.2 Å². The number of ether oxygens (including phenoxy) is 7. The van der Waals surface area contributed by atoms with Crippen LogP contribution in [-0.2, 0) is 33.2 Å². The smallest absolute Gasteiger partial charge is 0.262 e. The molecule has 17 N–H and O–H groups in total. The molecule has 7 aliphatic heterocycles. The van der Waals surface area contributed by atoms with Gasteiger partial charge in [-0.2, -0.15) is 0 Å². The van der Waals surface area contributed by atoms with Gasteiger partial charge in [0.05, 0.1) is 55.3 Å². The van der Waals surface area contributed by atoms with Gasteiger partial charge in [-0.3, -0.25) is 29.0 Å². The van der Waals surface area contributed by atoms with E-state index in [1.54, 1.807) is 36.4 Å². The van der Waals surface area contributed by atoms with E-state index < -0.39 is 208 Å². The minimum Gasteiger partial charge on any atom is -0.394 e. The van der Waals surface area contributed by atoms with Crippen LogP contribution in [-0.4, -0.2) is 316 Å². The molecule has 482 valence electrons. The number of carbonyl (C=O) groups is 4. The van der Waals surface area contributed by atoms with Gasteiger partial charge in [-0.1, -0.05) is 38.1 Å². The lowest BCUT2D eigenvalue weighted by Gasteiger charge is -2.48. The highest BCUT2D eigenvalue weighted by Gasteiger charge is 2.57. The molecule has 4 amide bonds. The van der Waals surface area contributed by atoms with Crippen LogP contribution in [0.5, 0.6) is 0 Å². The number of hydrogen-bond acceptors (Lipinski definition) is 30. The SMILES string of the molecule is CCSC1OC(CO)C(O)C(O)C1N1C(=O)c2ccccc2C1=O.CCSC1OC(CO)C(OC2OC(CO)C(O)C(O)C2O)C(O)C1N1C(=O)c2ccccc2C1=O.I.II.OCC1OC(OC2C(CO)OC(O)C(O)C2O)C(O)C(O)C1O. The minimum absolute atomic E-state index is 0. The maximum Gasteiger partial charge on any atom is 0.262 e. The van der Waals surface area contributed by atoms with Gasteiger partial charge in [0.1, 0.15) is 133 Å². The third-order valence-electron chi connectivity index (χ3n) is 14.7. The predicted molar refractivity (Wildman–Crippen MR) is 318 cm³/mol. The Hall–Kier alpha value is -1.35. The standard InChI is InChI=1S/C22H29NO11S.C16H19NO6S.C12H22O11.I2.HI/c1-2-35-22-13(23-19(30)9-5-3-4-6-10(9)20(23)31)15(27)18(12(8-25)33-22)34-21-17(29)16(28)14(26)11(7-24)32-21;1-2-24-16-11(13(20)12(19)10(7-18)23-16)17-14(21)8-5-3-4-6-9(8)15(17)22;13-1-3-5(15)6(16)9(19)12(22-3)23-10-4(2-14)21-11(20)8(18)7(10)17;1-2;/h3-6,11-18,21-22,24-29H,2,7-8H2,1H3;3-6,10-13,16,18-20H,2,7H2,1H3;3-20H,1-2H2;;1H. The largest absolute Gasteiger partial charge is 0.394 e. The van der Waals surface area contributed by atoms with E-state index in [0.717, 1.165) is 9.80 Å². The summed E-state index contributed by atoms with van der Waals surface area (Å²) < 4.78 is 37.9. The molecule has 30 nitrogen and oxygen atoms in total. The van der Waals surface area contributed by atoms with E-state index in [0.29, 0.717) is 11.5 Å². The molecule has 0 aliphatic carbocycles. The highest BCUT2D eigenvalue weighted by atomic mass is 128. The van der Waals surface area contributed by atoms with Gasteiger partial charge in [-0.05, 0) is 35.8 Å². The van der Waals surface area contributed by atoms with Gasteiger partial charge < -0.3 is 120 Å². The minimum atomic E-state index is -1.76. The van der Waals surface area contributed by atoms with E-state index in [4.69, 9.17) is 38.3 Å². The lowest BCUT2D eigenvalue weighted by atomic mass is 9.95. The molecule has 85 heavy (non-hydrogen) atoms. The van der Waals surface area contributed by atoms with Gasteiger partial charge in [0.15, 0.2) is 18.9 Å². The number of amides is 4. The number of aliphatic hydroxyl groups excluding tert-OH is 17. The first kappa shape index (κ1) is 74.4. The van der Waals surface area contributed by atoms with Gasteiger partial charge >= 0.3 is 0 Å². The van der Waals surface area contributed by atoms with E-state index in [2.05, 4.69) is 37.2 Å². The highest BCUT2D eigenvalue weighted by molar-refractivity contribution is 15.0. The molecule has 25 unspecified atom stereocenters. The van der Waals surface area contributed by atoms with Crippen LogP contribution in [0.4, 0.5) is 0 Å². The summed E-state index contributed by atoms with van der Waals surface area (Å²) in [4.78, 5) is 53.5. The van der Waals surface area contributed by atoms with Crippen molar-refractivity contribution >= 4 is 108 Å². The number of hydrogen-bond donors (Lipinski definition) is 17. The summed E-state index contributed by atoms with van der Waals surface area (Å²) >= 11 is 6.77. The zero-order chi connectivity index (χ0) is 62.2. The fraction of sp³-hybridized carbons (Fsp3) is 0.680. The molecule has 2 aromatic rings. The Kier molecular flexibility index (Phi) is 29.6. The van der Waals surface area contributed by atoms with Crippen LogP contribution in [0, 0.1) is 0 Å². The Bertz CT molecular complexity index is 2420. The van der Waals surface area contributed by atoms with Crippen molar-refractivity contribution in [2.45, 2.75) is 166 Å². The zero-order valence-corrected chi connectivity index (χ0v) is 53.2. The fourth-order valence-electron chi connectivity index (χ4n) is 10.3. The maximum atomic E-state index is 13.1. The second-order valence-electron chi connectivity index (χ2n) is 19.7. The Balaban J connectivity index is 0.000000235. The zero-order valence-electron chi connectivity index (χ0n) is 45.0. The number of carbonyl (C=O) groups excluding carboxylic acids is 4. The second kappa shape index (κ2) is 33.8. The molecular weight excluding hydrogens is 1520 g/mol. The van der Waals surface area contributed by atoms with Crippen molar-refractivity contribution in [1.82, 2.24) is 9.80 Å². The molecule has 0 radical (unpaired) electrons. The molecule has 0 spiro atoms. The van der Waals surface area contributed by atoms with Crippen molar-refractivity contribution in [2.75, 3.05) is 44.5 Å². The van der Waals surface area contributed by atoms with Gasteiger partial charge in [0.25, 0.3) is 23.6 Å². The van der Waals surface area contributed by atoms with Crippen molar-refractivity contribution in [3.8, 4) is 0 Å². The summed E-state index contributed by atoms with van der Waals surface area (Å²) in [7, 11) is 0. The molecule has 5 fully saturated rings. The summed E-state index contributed by atoms with van der Waals surface area (Å²) in [6.07, 6.45) is -31.5. The van der Waals surface area contributed by atoms with Crippen LogP contribution in [0.3, 0.4) is 0 Å². The normalized spacial score (nSPS) is 39.7. The molecule has 0 saturated carbocycles. The third-order valence-corrected chi connectivity index (χ3v) is 16.8. The number of benzene rings is 2. The van der Waals surface area contributed by atoms with Crippen LogP contribution >= 0.6 is 84.7 Å². The molecule has 0 bridgehead atoms. The molecule has 5 saturated heterocycles. The summed E-state index contributed by atoms with van der Waals surface area (Å²) in [5.74, 6) is -1.14. The molecule has 35 heteroatoms. The van der Waals surface area contributed by atoms with E-state index >= 15 is 0 Å². The highest BCUT2D eigenvalue weighted by Crippen LogP contribution is 2.40. The monoisotopic (exact) mass is 1590 g/mol. The van der Waals surface area contributed by atoms with E-state index in [1.807, 2.05) is 13.8 Å². The number of fused-ring (bicyclic) bond motifs is 2. The van der Waals surface area contributed by atoms with E-state index in [1.165, 1.54) is 35.7 Å². The Morgan fingerprint density at radius 1 is 0.412 bits per heavy atom. The third kappa shape index (κ3) is 15.8. The average molecular weight is 1590 g/mol. The maximum absolute atomic E-state index is 13.1. The van der Waals surface area contributed by atoms with Gasteiger partial charge in [0.2, 0.25) is 0 Å². The molecule has 25 atom stereocenters. The van der Waals surface area contributed by atoms with E-state index in [-0.39, 0.29) is 46.2 Å². The summed E-state index contributed by atoms with van der Waals surface area (Å²) in [5.41, 5.74) is -0.722. The second-order valence-corrected chi connectivity index (χ2v) is 22.4. The lowest BCUT2D eigenvalue weighted by molar-refractivity contribution is -0.355. The van der Waals surface area contributed by atoms with Gasteiger partial charge in [-0.25, -0.2) is 0 Å². The van der Waals surface area contributed by atoms with E-state index in [9.17, 15) is 101 Å². The number of imide groups is 2. The number of halogens is 3. The number of nitrogens with zero attached hydrogens (tertiary/aromatic N) is 2. The Morgan fingerprint density at radius 2 is 0.718 bits per heavy atom. The molecule has 9 rings (SSSR count). The quantitative estimate of drug-likeness (QED) is 0.0584. The molecule has 7 aliphatic rings.